The van der Waals surface area contributed by atoms with Crippen molar-refractivity contribution in [3.8, 4) is 17.1 Å². The highest BCUT2D eigenvalue weighted by Gasteiger charge is 2.32. The molecular formula is C31H37N3O8. The number of nitrogens with one attached hydrogen (secondary N) is 2. The molecular weight excluding hydrogens is 542 g/mol. The van der Waals surface area contributed by atoms with E-state index in [1.807, 2.05) is 37.3 Å². The summed E-state index contributed by atoms with van der Waals surface area (Å²) in [4.78, 5) is 54.8. The van der Waals surface area contributed by atoms with E-state index < -0.39 is 29.6 Å². The number of benzene rings is 2. The fourth-order valence-corrected chi connectivity index (χ4v) is 4.59. The van der Waals surface area contributed by atoms with Crippen molar-refractivity contribution in [2.75, 3.05) is 6.67 Å². The van der Waals surface area contributed by atoms with Crippen LogP contribution in [-0.4, -0.2) is 52.2 Å². The molecule has 42 heavy (non-hydrogen) atoms. The van der Waals surface area contributed by atoms with E-state index in [1.165, 1.54) is 35.4 Å². The van der Waals surface area contributed by atoms with Gasteiger partial charge in [0.2, 0.25) is 12.3 Å². The minimum atomic E-state index is -1.27. The second-order valence-corrected chi connectivity index (χ2v) is 9.73. The molecule has 0 aliphatic heterocycles. The minimum Gasteiger partial charge on any atom is -0.507 e. The van der Waals surface area contributed by atoms with E-state index in [-0.39, 0.29) is 36.3 Å². The van der Waals surface area contributed by atoms with Crippen molar-refractivity contribution >= 4 is 24.2 Å². The van der Waals surface area contributed by atoms with Gasteiger partial charge in [-0.15, -0.1) is 0 Å². The highest BCUT2D eigenvalue weighted by molar-refractivity contribution is 5.93. The molecule has 0 saturated carbocycles. The number of aromatic carboxylic acids is 1. The van der Waals surface area contributed by atoms with E-state index in [0.29, 0.717) is 24.8 Å². The number of hydrogen-bond donors (Lipinski definition) is 4. The molecule has 1 heterocycles. The van der Waals surface area contributed by atoms with Crippen LogP contribution >= 0.6 is 0 Å². The number of aromatic hydroxyl groups is 1. The number of nitrogens with zero attached hydrogens (tertiary/aromatic N) is 1. The fraction of sp³-hybridized carbons (Fsp3) is 0.355. The first-order valence-corrected chi connectivity index (χ1v) is 13.9. The molecule has 4 N–H and O–H groups in total. The number of carbonyl (C=O) groups is 4. The molecule has 2 aromatic carbocycles. The Hall–Kier alpha value is -4.64. The molecule has 3 rings (SSSR count). The van der Waals surface area contributed by atoms with Crippen LogP contribution in [0.4, 0.5) is 0 Å². The Labute approximate surface area is 244 Å². The van der Waals surface area contributed by atoms with Crippen LogP contribution < -0.4 is 10.6 Å². The summed E-state index contributed by atoms with van der Waals surface area (Å²) in [6, 6.07) is 15.8. The quantitative estimate of drug-likeness (QED) is 0.0774. The van der Waals surface area contributed by atoms with Crippen LogP contribution in [0, 0.1) is 5.92 Å². The molecule has 11 nitrogen and oxygen atoms in total. The number of hydroxylamine groups is 2. The maximum atomic E-state index is 13.3. The van der Waals surface area contributed by atoms with Crippen molar-refractivity contribution in [1.82, 2.24) is 15.7 Å². The van der Waals surface area contributed by atoms with Crippen molar-refractivity contribution in [3.05, 3.63) is 77.6 Å². The van der Waals surface area contributed by atoms with E-state index in [9.17, 15) is 24.3 Å². The number of phenols is 1. The number of unbranched alkanes of at least 4 members (excludes halogenated alkanes) is 2. The topological polar surface area (TPSA) is 158 Å². The molecule has 1 aromatic heterocycles. The molecule has 0 spiro atoms. The Morgan fingerprint density at radius 1 is 1.02 bits per heavy atom. The third kappa shape index (κ3) is 8.68. The number of carbonyl (C=O) groups excluding carboxylic acids is 3. The predicted molar refractivity (Wildman–Crippen MR) is 154 cm³/mol. The first-order chi connectivity index (χ1) is 20.3. The molecule has 0 aliphatic rings. The largest absolute Gasteiger partial charge is 0.507 e. The molecule has 0 saturated heterocycles. The molecule has 0 fully saturated rings. The van der Waals surface area contributed by atoms with Crippen molar-refractivity contribution in [3.63, 3.8) is 0 Å². The van der Waals surface area contributed by atoms with Crippen molar-refractivity contribution in [2.45, 2.75) is 58.6 Å². The molecule has 0 unspecified atom stereocenters. The third-order valence-corrected chi connectivity index (χ3v) is 6.85. The van der Waals surface area contributed by atoms with Gasteiger partial charge in [0.1, 0.15) is 23.7 Å². The summed E-state index contributed by atoms with van der Waals surface area (Å²) in [5, 5.41) is 25.6. The number of carboxylic acids is 1. The van der Waals surface area contributed by atoms with Gasteiger partial charge >= 0.3 is 5.97 Å². The van der Waals surface area contributed by atoms with Gasteiger partial charge in [-0.05, 0) is 42.7 Å². The van der Waals surface area contributed by atoms with Gasteiger partial charge < -0.3 is 25.3 Å². The zero-order chi connectivity index (χ0) is 30.5. The van der Waals surface area contributed by atoms with Crippen LogP contribution in [-0.2, 0) is 21.0 Å². The summed E-state index contributed by atoms with van der Waals surface area (Å²) in [5.74, 6) is -2.93. The van der Waals surface area contributed by atoms with E-state index in [1.54, 1.807) is 0 Å². The number of hydrogen-bond acceptors (Lipinski definition) is 7. The molecule has 0 bridgehead atoms. The Balaban J connectivity index is 1.61. The second-order valence-electron chi connectivity index (χ2n) is 9.73. The van der Waals surface area contributed by atoms with Crippen LogP contribution in [0.15, 0.2) is 65.1 Å². The van der Waals surface area contributed by atoms with Crippen LogP contribution in [0.5, 0.6) is 5.75 Å². The lowest BCUT2D eigenvalue weighted by Crippen LogP contribution is -2.48. The maximum Gasteiger partial charge on any atom is 0.339 e. The predicted octanol–water partition coefficient (Wildman–Crippen LogP) is 4.72. The Kier molecular flexibility index (Phi) is 12.1. The molecule has 11 heteroatoms. The average Bonchev–Trinajstić information content (AvgIpc) is 3.49. The molecule has 2 atom stereocenters. The van der Waals surface area contributed by atoms with Gasteiger partial charge in [-0.1, -0.05) is 69.5 Å². The van der Waals surface area contributed by atoms with Crippen molar-refractivity contribution in [1.29, 1.82) is 0 Å². The van der Waals surface area contributed by atoms with E-state index in [0.717, 1.165) is 24.8 Å². The minimum absolute atomic E-state index is 0.0339. The van der Waals surface area contributed by atoms with Gasteiger partial charge in [0.05, 0.1) is 18.6 Å². The third-order valence-electron chi connectivity index (χ3n) is 6.85. The van der Waals surface area contributed by atoms with E-state index in [4.69, 9.17) is 14.4 Å². The highest BCUT2D eigenvalue weighted by Crippen LogP contribution is 2.28. The van der Waals surface area contributed by atoms with E-state index >= 15 is 0 Å². The van der Waals surface area contributed by atoms with Crippen LogP contribution in [0.1, 0.15) is 72.4 Å². The van der Waals surface area contributed by atoms with Gasteiger partial charge in [-0.2, -0.15) is 0 Å². The van der Waals surface area contributed by atoms with Gasteiger partial charge in [0.25, 0.3) is 5.91 Å². The van der Waals surface area contributed by atoms with Gasteiger partial charge in [0.15, 0.2) is 5.76 Å². The Bertz CT molecular complexity index is 1340. The van der Waals surface area contributed by atoms with E-state index in [2.05, 4.69) is 17.6 Å². The second kappa shape index (κ2) is 16.0. The SMILES string of the molecule is CCCCC[C@@H](C(=O)NCNC(=O)c1ccc(-c2ccc(C(=O)O)c(O)c2)o1)[C@@H](CC)N(C=O)OCc1ccccc1. The van der Waals surface area contributed by atoms with Crippen LogP contribution in [0.25, 0.3) is 11.3 Å². The fourth-order valence-electron chi connectivity index (χ4n) is 4.59. The number of rotatable bonds is 17. The summed E-state index contributed by atoms with van der Waals surface area (Å²) >= 11 is 0. The molecule has 3 aromatic rings. The average molecular weight is 580 g/mol. The molecule has 224 valence electrons. The normalized spacial score (nSPS) is 12.2. The summed E-state index contributed by atoms with van der Waals surface area (Å²) in [6.07, 6.45) is 4.32. The summed E-state index contributed by atoms with van der Waals surface area (Å²) < 4.78 is 5.58. The number of furan rings is 1. The lowest BCUT2D eigenvalue weighted by Gasteiger charge is -2.32. The standard InChI is InChI=1S/C31H37N3O8/c1-3-5-7-12-23(25(4-2)34(20-35)41-18-21-10-8-6-9-11-21)29(37)32-19-33-30(38)28-16-15-27(42-28)22-13-14-24(31(39)40)26(36)17-22/h6,8-11,13-17,20,23,25,36H,3-5,7,12,18-19H2,1-2H3,(H,32,37)(H,33,38)(H,39,40)/t23-,25-/m1/s1. The number of carboxylic acid groups (broad SMARTS) is 1. The summed E-state index contributed by atoms with van der Waals surface area (Å²) in [6.45, 7) is 3.97. The molecule has 0 aliphatic carbocycles. The zero-order valence-electron chi connectivity index (χ0n) is 23.7. The van der Waals surface area contributed by atoms with Crippen molar-refractivity contribution < 1.29 is 38.6 Å². The van der Waals surface area contributed by atoms with Crippen molar-refractivity contribution in [2.24, 2.45) is 5.92 Å². The summed E-state index contributed by atoms with van der Waals surface area (Å²) in [5.41, 5.74) is 1.03. The molecule has 0 radical (unpaired) electrons. The lowest BCUT2D eigenvalue weighted by molar-refractivity contribution is -0.200. The van der Waals surface area contributed by atoms with Gasteiger partial charge in [0, 0.05) is 5.56 Å². The van der Waals surface area contributed by atoms with Gasteiger partial charge in [-0.25, -0.2) is 9.86 Å². The smallest absolute Gasteiger partial charge is 0.339 e. The number of amides is 3. The maximum absolute atomic E-state index is 13.3. The van der Waals surface area contributed by atoms with Crippen LogP contribution in [0.3, 0.4) is 0 Å². The molecule has 3 amide bonds. The first kappa shape index (κ1) is 31.9. The Morgan fingerprint density at radius 2 is 1.79 bits per heavy atom. The van der Waals surface area contributed by atoms with Crippen LogP contribution in [0.2, 0.25) is 0 Å². The highest BCUT2D eigenvalue weighted by atomic mass is 16.7. The summed E-state index contributed by atoms with van der Waals surface area (Å²) in [7, 11) is 0. The first-order valence-electron chi connectivity index (χ1n) is 13.9. The monoisotopic (exact) mass is 579 g/mol. The lowest BCUT2D eigenvalue weighted by atomic mass is 9.90. The zero-order valence-corrected chi connectivity index (χ0v) is 23.7. The van der Waals surface area contributed by atoms with Gasteiger partial charge in [-0.3, -0.25) is 19.2 Å². The Morgan fingerprint density at radius 3 is 2.43 bits per heavy atom.